The number of hydrogen-bond donors (Lipinski definition) is 2. The monoisotopic (exact) mass is 308 g/mol. The first-order valence-electron chi connectivity index (χ1n) is 6.97. The van der Waals surface area contributed by atoms with E-state index in [1.54, 1.807) is 6.20 Å². The Kier molecular flexibility index (Phi) is 3.96. The van der Waals surface area contributed by atoms with Crippen LogP contribution in [0.2, 0.25) is 0 Å². The lowest BCUT2D eigenvalue weighted by Gasteiger charge is -2.22. The van der Waals surface area contributed by atoms with E-state index in [0.29, 0.717) is 16.2 Å². The molecule has 2 heterocycles. The van der Waals surface area contributed by atoms with Crippen LogP contribution in [0.15, 0.2) is 16.1 Å². The van der Waals surface area contributed by atoms with Gasteiger partial charge in [-0.3, -0.25) is 9.59 Å². The molecule has 2 aromatic rings. The van der Waals surface area contributed by atoms with Crippen LogP contribution in [0.3, 0.4) is 0 Å². The van der Waals surface area contributed by atoms with Crippen LogP contribution < -0.4 is 5.56 Å². The average Bonchev–Trinajstić information content (AvgIpc) is 2.90. The zero-order valence-electron chi connectivity index (χ0n) is 11.4. The van der Waals surface area contributed by atoms with Crippen LogP contribution in [0.4, 0.5) is 0 Å². The third-order valence-electron chi connectivity index (χ3n) is 3.69. The van der Waals surface area contributed by atoms with E-state index in [9.17, 15) is 9.59 Å². The van der Waals surface area contributed by atoms with E-state index >= 15 is 0 Å². The lowest BCUT2D eigenvalue weighted by molar-refractivity contribution is -0.133. The molecule has 0 aromatic carbocycles. The van der Waals surface area contributed by atoms with Crippen molar-refractivity contribution in [3.05, 3.63) is 16.6 Å². The smallest absolute Gasteiger partial charge is 0.313 e. The maximum atomic E-state index is 12.0. The number of rotatable bonds is 4. The van der Waals surface area contributed by atoms with Gasteiger partial charge >= 0.3 is 5.97 Å². The van der Waals surface area contributed by atoms with Crippen molar-refractivity contribution in [2.24, 2.45) is 0 Å². The van der Waals surface area contributed by atoms with E-state index in [0.717, 1.165) is 37.4 Å². The normalized spacial score (nSPS) is 16.4. The summed E-state index contributed by atoms with van der Waals surface area (Å²) in [6.07, 6.45) is 7.20. The molecule has 0 spiro atoms. The number of aliphatic carboxylic acids is 1. The second kappa shape index (κ2) is 5.88. The molecule has 1 aliphatic rings. The van der Waals surface area contributed by atoms with Gasteiger partial charge in [0.25, 0.3) is 5.56 Å². The maximum absolute atomic E-state index is 12.0. The quantitative estimate of drug-likeness (QED) is 0.660. The number of thioether (sulfide) groups is 1. The van der Waals surface area contributed by atoms with Gasteiger partial charge in [0.05, 0.1) is 18.0 Å². The summed E-state index contributed by atoms with van der Waals surface area (Å²) in [5.74, 6) is -1.07. The Hall–Kier alpha value is -1.83. The van der Waals surface area contributed by atoms with E-state index in [1.807, 2.05) is 4.68 Å². The highest BCUT2D eigenvalue weighted by Crippen LogP contribution is 2.29. The number of nitrogens with zero attached hydrogens (tertiary/aromatic N) is 3. The third kappa shape index (κ3) is 2.94. The molecule has 0 bridgehead atoms. The molecule has 0 unspecified atom stereocenters. The van der Waals surface area contributed by atoms with Crippen molar-refractivity contribution in [2.75, 3.05) is 5.75 Å². The molecular formula is C13H16N4O3S. The summed E-state index contributed by atoms with van der Waals surface area (Å²) in [6, 6.07) is 0.280. The Morgan fingerprint density at radius 3 is 2.90 bits per heavy atom. The van der Waals surface area contributed by atoms with Crippen LogP contribution in [0.1, 0.15) is 38.1 Å². The molecule has 7 nitrogen and oxygen atoms in total. The first-order chi connectivity index (χ1) is 10.1. The maximum Gasteiger partial charge on any atom is 0.313 e. The first-order valence-corrected chi connectivity index (χ1v) is 7.96. The minimum atomic E-state index is -0.941. The molecule has 8 heteroatoms. The predicted octanol–water partition coefficient (Wildman–Crippen LogP) is 1.80. The molecule has 1 aliphatic carbocycles. The van der Waals surface area contributed by atoms with Crippen molar-refractivity contribution in [3.8, 4) is 0 Å². The molecule has 2 aromatic heterocycles. The summed E-state index contributed by atoms with van der Waals surface area (Å²) in [6.45, 7) is 0. The van der Waals surface area contributed by atoms with Gasteiger partial charge in [-0.25, -0.2) is 9.67 Å². The Morgan fingerprint density at radius 2 is 2.19 bits per heavy atom. The van der Waals surface area contributed by atoms with Crippen molar-refractivity contribution in [1.82, 2.24) is 19.7 Å². The number of carboxylic acid groups (broad SMARTS) is 1. The zero-order valence-corrected chi connectivity index (χ0v) is 12.2. The number of H-pyrrole nitrogens is 1. The van der Waals surface area contributed by atoms with Crippen molar-refractivity contribution >= 4 is 28.8 Å². The van der Waals surface area contributed by atoms with E-state index in [2.05, 4.69) is 15.1 Å². The van der Waals surface area contributed by atoms with Crippen LogP contribution in [0.25, 0.3) is 11.0 Å². The topological polar surface area (TPSA) is 101 Å². The third-order valence-corrected chi connectivity index (χ3v) is 4.55. The lowest BCUT2D eigenvalue weighted by Crippen LogP contribution is -2.16. The number of nitrogens with one attached hydrogen (secondary N) is 1. The molecule has 21 heavy (non-hydrogen) atoms. The number of carboxylic acids is 1. The van der Waals surface area contributed by atoms with E-state index in [1.165, 1.54) is 6.42 Å². The molecule has 0 atom stereocenters. The molecule has 0 aliphatic heterocycles. The Balaban J connectivity index is 1.98. The fraction of sp³-hybridized carbons (Fsp3) is 0.538. The SMILES string of the molecule is O=C(O)CSc1nc2c(cnn2C2CCCCC2)c(=O)[nH]1. The minimum absolute atomic E-state index is 0.133. The molecule has 112 valence electrons. The van der Waals surface area contributed by atoms with Gasteiger partial charge in [-0.15, -0.1) is 0 Å². The second-order valence-corrected chi connectivity index (χ2v) is 6.14. The van der Waals surface area contributed by atoms with Crippen molar-refractivity contribution < 1.29 is 9.90 Å². The number of aromatic amines is 1. The van der Waals surface area contributed by atoms with Gasteiger partial charge in [0.2, 0.25) is 0 Å². The highest BCUT2D eigenvalue weighted by molar-refractivity contribution is 7.99. The predicted molar refractivity (Wildman–Crippen MR) is 78.6 cm³/mol. The molecule has 1 fully saturated rings. The van der Waals surface area contributed by atoms with E-state index in [4.69, 9.17) is 5.11 Å². The largest absolute Gasteiger partial charge is 0.481 e. The number of hydrogen-bond acceptors (Lipinski definition) is 5. The first kappa shape index (κ1) is 14.1. The average molecular weight is 308 g/mol. The summed E-state index contributed by atoms with van der Waals surface area (Å²) in [7, 11) is 0. The molecule has 3 rings (SSSR count). The Bertz CT molecular complexity index is 718. The van der Waals surface area contributed by atoms with Crippen molar-refractivity contribution in [2.45, 2.75) is 43.3 Å². The van der Waals surface area contributed by atoms with Crippen LogP contribution >= 0.6 is 11.8 Å². The number of carbonyl (C=O) groups is 1. The zero-order chi connectivity index (χ0) is 14.8. The van der Waals surface area contributed by atoms with Gasteiger partial charge < -0.3 is 10.1 Å². The second-order valence-electron chi connectivity index (χ2n) is 5.17. The van der Waals surface area contributed by atoms with Crippen LogP contribution in [0, 0.1) is 0 Å². The number of aromatic nitrogens is 4. The molecular weight excluding hydrogens is 292 g/mol. The van der Waals surface area contributed by atoms with Gasteiger partial charge in [0, 0.05) is 0 Å². The fourth-order valence-electron chi connectivity index (χ4n) is 2.71. The van der Waals surface area contributed by atoms with Crippen LogP contribution in [0.5, 0.6) is 0 Å². The van der Waals surface area contributed by atoms with Crippen LogP contribution in [-0.2, 0) is 4.79 Å². The number of fused-ring (bicyclic) bond motifs is 1. The van der Waals surface area contributed by atoms with Crippen molar-refractivity contribution in [1.29, 1.82) is 0 Å². The molecule has 0 radical (unpaired) electrons. The summed E-state index contributed by atoms with van der Waals surface area (Å²) >= 11 is 1.01. The van der Waals surface area contributed by atoms with E-state index < -0.39 is 5.97 Å². The van der Waals surface area contributed by atoms with Crippen LogP contribution in [-0.4, -0.2) is 36.6 Å². The van der Waals surface area contributed by atoms with Gasteiger partial charge in [0.15, 0.2) is 10.8 Å². The highest BCUT2D eigenvalue weighted by atomic mass is 32.2. The Labute approximate surface area is 124 Å². The summed E-state index contributed by atoms with van der Waals surface area (Å²) in [5, 5.41) is 13.8. The van der Waals surface area contributed by atoms with Gasteiger partial charge in [-0.1, -0.05) is 31.0 Å². The summed E-state index contributed by atoms with van der Waals surface area (Å²) < 4.78 is 1.83. The molecule has 1 saturated carbocycles. The minimum Gasteiger partial charge on any atom is -0.481 e. The lowest BCUT2D eigenvalue weighted by atomic mass is 9.96. The molecule has 0 amide bonds. The van der Waals surface area contributed by atoms with Gasteiger partial charge in [-0.2, -0.15) is 5.10 Å². The van der Waals surface area contributed by atoms with Crippen molar-refractivity contribution in [3.63, 3.8) is 0 Å². The van der Waals surface area contributed by atoms with Gasteiger partial charge in [-0.05, 0) is 12.8 Å². The molecule has 0 saturated heterocycles. The Morgan fingerprint density at radius 1 is 1.43 bits per heavy atom. The molecule has 2 N–H and O–H groups in total. The van der Waals surface area contributed by atoms with Gasteiger partial charge in [0.1, 0.15) is 5.39 Å². The highest BCUT2D eigenvalue weighted by Gasteiger charge is 2.20. The fourth-order valence-corrected chi connectivity index (χ4v) is 3.28. The summed E-state index contributed by atoms with van der Waals surface area (Å²) in [5.41, 5.74) is 0.286. The van der Waals surface area contributed by atoms with E-state index in [-0.39, 0.29) is 17.4 Å². The summed E-state index contributed by atoms with van der Waals surface area (Å²) in [4.78, 5) is 29.6. The standard InChI is InChI=1S/C13H16N4O3S/c18-10(19)7-21-13-15-11-9(12(20)16-13)6-14-17(11)8-4-2-1-3-5-8/h6,8H,1-5,7H2,(H,18,19)(H,15,16,20).